The number of hydrogen-bond donors (Lipinski definition) is 0. The molecule has 1 amide bonds. The highest BCUT2D eigenvalue weighted by atomic mass is 16.6. The predicted molar refractivity (Wildman–Crippen MR) is 99.5 cm³/mol. The highest BCUT2D eigenvalue weighted by Gasteiger charge is 2.24. The third-order valence-electron chi connectivity index (χ3n) is 4.11. The van der Waals surface area contributed by atoms with E-state index in [1.165, 1.54) is 36.3 Å². The van der Waals surface area contributed by atoms with Crippen LogP contribution in [0.15, 0.2) is 42.5 Å². The molecule has 1 heterocycles. The van der Waals surface area contributed by atoms with Gasteiger partial charge in [0.05, 0.1) is 31.4 Å². The van der Waals surface area contributed by atoms with Gasteiger partial charge in [-0.05, 0) is 29.8 Å². The van der Waals surface area contributed by atoms with Gasteiger partial charge in [0.25, 0.3) is 11.6 Å². The number of amides is 1. The number of nitrogens with zero attached hydrogens (tertiary/aromatic N) is 2. The smallest absolute Gasteiger partial charge is 0.271 e. The molecule has 0 N–H and O–H groups in total. The van der Waals surface area contributed by atoms with Gasteiger partial charge in [0, 0.05) is 18.2 Å². The second kappa shape index (κ2) is 7.77. The summed E-state index contributed by atoms with van der Waals surface area (Å²) in [5.74, 6) is 1.30. The number of carbonyl (C=O) groups excluding carboxylic acids is 1. The van der Waals surface area contributed by atoms with Gasteiger partial charge in [-0.25, -0.2) is 0 Å². The molecule has 0 bridgehead atoms. The highest BCUT2D eigenvalue weighted by molar-refractivity contribution is 6.05. The van der Waals surface area contributed by atoms with Gasteiger partial charge in [0.2, 0.25) is 0 Å². The Bertz CT molecular complexity index is 909. The topological polar surface area (TPSA) is 91.1 Å². The molecular weight excluding hydrogens is 352 g/mol. The van der Waals surface area contributed by atoms with E-state index in [4.69, 9.17) is 14.2 Å². The minimum Gasteiger partial charge on any atom is -0.493 e. The Kier molecular flexibility index (Phi) is 5.25. The van der Waals surface area contributed by atoms with E-state index in [1.54, 1.807) is 31.4 Å². The molecule has 3 rings (SSSR count). The Morgan fingerprint density at radius 2 is 1.96 bits per heavy atom. The first-order valence-electron chi connectivity index (χ1n) is 8.16. The molecule has 0 spiro atoms. The molecule has 2 aromatic carbocycles. The number of methoxy groups -OCH3 is 2. The van der Waals surface area contributed by atoms with Crippen molar-refractivity contribution in [2.75, 3.05) is 32.3 Å². The van der Waals surface area contributed by atoms with E-state index in [9.17, 15) is 14.9 Å². The zero-order valence-electron chi connectivity index (χ0n) is 14.9. The second-order valence-electron chi connectivity index (χ2n) is 5.70. The fourth-order valence-electron chi connectivity index (χ4n) is 2.76. The second-order valence-corrected chi connectivity index (χ2v) is 5.70. The summed E-state index contributed by atoms with van der Waals surface area (Å²) < 4.78 is 15.9. The van der Waals surface area contributed by atoms with Crippen molar-refractivity contribution in [3.05, 3.63) is 58.2 Å². The minimum absolute atomic E-state index is 0.0964. The van der Waals surface area contributed by atoms with E-state index in [0.29, 0.717) is 36.1 Å². The maximum atomic E-state index is 12.7. The van der Waals surface area contributed by atoms with Crippen molar-refractivity contribution in [1.29, 1.82) is 0 Å². The average Bonchev–Trinajstić information content (AvgIpc) is 2.70. The van der Waals surface area contributed by atoms with E-state index in [2.05, 4.69) is 0 Å². The standard InChI is InChI=1S/C19H18N2O6/c1-25-17-6-3-13(11-18(17)26-2)4-8-19(22)20-9-10-27-16-7-5-14(21(23)24)12-15(16)20/h3-8,11-12H,9-10H2,1-2H3/b8-4+. The molecule has 8 heteroatoms. The lowest BCUT2D eigenvalue weighted by Gasteiger charge is -2.28. The summed E-state index contributed by atoms with van der Waals surface area (Å²) in [5, 5.41) is 11.0. The SMILES string of the molecule is COc1ccc(/C=C/C(=O)N2CCOc3ccc([N+](=O)[O-])cc32)cc1OC. The summed E-state index contributed by atoms with van der Waals surface area (Å²) in [7, 11) is 3.08. The van der Waals surface area contributed by atoms with Crippen molar-refractivity contribution >= 4 is 23.4 Å². The molecule has 140 valence electrons. The molecule has 0 aliphatic carbocycles. The zero-order valence-corrected chi connectivity index (χ0v) is 14.9. The molecule has 1 aliphatic rings. The van der Waals surface area contributed by atoms with Crippen LogP contribution in [0.5, 0.6) is 17.2 Å². The van der Waals surface area contributed by atoms with Crippen LogP contribution in [0.1, 0.15) is 5.56 Å². The first-order valence-corrected chi connectivity index (χ1v) is 8.16. The number of non-ortho nitro benzene ring substituents is 1. The number of rotatable bonds is 5. The zero-order chi connectivity index (χ0) is 19.4. The molecule has 0 saturated heterocycles. The number of anilines is 1. The number of ether oxygens (including phenoxy) is 3. The molecule has 0 unspecified atom stereocenters. The lowest BCUT2D eigenvalue weighted by molar-refractivity contribution is -0.384. The van der Waals surface area contributed by atoms with Gasteiger partial charge in [-0.15, -0.1) is 0 Å². The lowest BCUT2D eigenvalue weighted by Crippen LogP contribution is -2.36. The van der Waals surface area contributed by atoms with E-state index >= 15 is 0 Å². The van der Waals surface area contributed by atoms with Crippen LogP contribution in [-0.2, 0) is 4.79 Å². The van der Waals surface area contributed by atoms with E-state index in [0.717, 1.165) is 5.56 Å². The summed E-state index contributed by atoms with van der Waals surface area (Å²) in [6.07, 6.45) is 3.06. The normalized spacial score (nSPS) is 13.0. The molecule has 0 fully saturated rings. The Morgan fingerprint density at radius 3 is 2.67 bits per heavy atom. The van der Waals surface area contributed by atoms with Crippen molar-refractivity contribution < 1.29 is 23.9 Å². The molecule has 0 radical (unpaired) electrons. The monoisotopic (exact) mass is 370 g/mol. The van der Waals surface area contributed by atoms with Crippen LogP contribution in [0.2, 0.25) is 0 Å². The Morgan fingerprint density at radius 1 is 1.19 bits per heavy atom. The number of carbonyl (C=O) groups is 1. The van der Waals surface area contributed by atoms with Crippen LogP contribution < -0.4 is 19.1 Å². The Hall–Kier alpha value is -3.55. The first-order chi connectivity index (χ1) is 13.0. The summed E-state index contributed by atoms with van der Waals surface area (Å²) in [6, 6.07) is 9.49. The van der Waals surface area contributed by atoms with Gasteiger partial charge >= 0.3 is 0 Å². The van der Waals surface area contributed by atoms with E-state index < -0.39 is 4.92 Å². The minimum atomic E-state index is -0.503. The fraction of sp³-hybridized carbons (Fsp3) is 0.211. The van der Waals surface area contributed by atoms with Crippen molar-refractivity contribution in [3.8, 4) is 17.2 Å². The number of benzene rings is 2. The van der Waals surface area contributed by atoms with Crippen LogP contribution in [0.3, 0.4) is 0 Å². The van der Waals surface area contributed by atoms with E-state index in [-0.39, 0.29) is 11.6 Å². The van der Waals surface area contributed by atoms with Gasteiger partial charge in [-0.2, -0.15) is 0 Å². The number of nitro groups is 1. The molecule has 0 saturated carbocycles. The quantitative estimate of drug-likeness (QED) is 0.456. The molecular formula is C19H18N2O6. The van der Waals surface area contributed by atoms with Crippen LogP contribution >= 0.6 is 0 Å². The van der Waals surface area contributed by atoms with Crippen molar-refractivity contribution in [3.63, 3.8) is 0 Å². The van der Waals surface area contributed by atoms with Crippen LogP contribution in [-0.4, -0.2) is 38.2 Å². The van der Waals surface area contributed by atoms with Crippen LogP contribution in [0.4, 0.5) is 11.4 Å². The lowest BCUT2D eigenvalue weighted by atomic mass is 10.1. The molecule has 8 nitrogen and oxygen atoms in total. The van der Waals surface area contributed by atoms with Crippen LogP contribution in [0, 0.1) is 10.1 Å². The summed E-state index contributed by atoms with van der Waals surface area (Å²) in [4.78, 5) is 24.6. The molecule has 1 aliphatic heterocycles. The molecule has 27 heavy (non-hydrogen) atoms. The summed E-state index contributed by atoms with van der Waals surface area (Å²) in [5.41, 5.74) is 1.05. The Labute approximate surface area is 155 Å². The number of fused-ring (bicyclic) bond motifs is 1. The maximum absolute atomic E-state index is 12.7. The average molecular weight is 370 g/mol. The molecule has 2 aromatic rings. The van der Waals surface area contributed by atoms with Gasteiger partial charge in [-0.3, -0.25) is 14.9 Å². The van der Waals surface area contributed by atoms with Crippen molar-refractivity contribution in [2.24, 2.45) is 0 Å². The molecule has 0 atom stereocenters. The third-order valence-corrected chi connectivity index (χ3v) is 4.11. The maximum Gasteiger partial charge on any atom is 0.271 e. The van der Waals surface area contributed by atoms with Gasteiger partial charge in [-0.1, -0.05) is 6.07 Å². The predicted octanol–water partition coefficient (Wildman–Crippen LogP) is 3.05. The number of nitro benzene ring substituents is 1. The van der Waals surface area contributed by atoms with Gasteiger partial charge in [0.1, 0.15) is 12.4 Å². The van der Waals surface area contributed by atoms with E-state index in [1.807, 2.05) is 0 Å². The fourth-order valence-corrected chi connectivity index (χ4v) is 2.76. The molecule has 0 aromatic heterocycles. The summed E-state index contributed by atoms with van der Waals surface area (Å²) in [6.45, 7) is 0.629. The van der Waals surface area contributed by atoms with Crippen molar-refractivity contribution in [2.45, 2.75) is 0 Å². The highest BCUT2D eigenvalue weighted by Crippen LogP contribution is 2.35. The van der Waals surface area contributed by atoms with Gasteiger partial charge in [0.15, 0.2) is 11.5 Å². The summed E-state index contributed by atoms with van der Waals surface area (Å²) >= 11 is 0. The van der Waals surface area contributed by atoms with Crippen molar-refractivity contribution in [1.82, 2.24) is 0 Å². The largest absolute Gasteiger partial charge is 0.493 e. The van der Waals surface area contributed by atoms with Gasteiger partial charge < -0.3 is 19.1 Å². The first kappa shape index (κ1) is 18.2. The third kappa shape index (κ3) is 3.84. The van der Waals surface area contributed by atoms with Crippen LogP contribution in [0.25, 0.3) is 6.08 Å². The Balaban J connectivity index is 1.84. The number of hydrogen-bond acceptors (Lipinski definition) is 6.